The summed E-state index contributed by atoms with van der Waals surface area (Å²) in [7, 11) is 3.99. The van der Waals surface area contributed by atoms with E-state index in [1.54, 1.807) is 44.2 Å². The maximum atomic E-state index is 12.6. The molecule has 0 amide bonds. The zero-order valence-electron chi connectivity index (χ0n) is 22.0. The second-order valence-electron chi connectivity index (χ2n) is 9.00. The molecule has 10 heteroatoms. The van der Waals surface area contributed by atoms with Gasteiger partial charge in [0.05, 0.1) is 0 Å². The largest absolute Gasteiger partial charge is 0.573 e. The number of benzene rings is 3. The molecular formula is C29H30F3N3O4. The fourth-order valence-corrected chi connectivity index (χ4v) is 3.80. The summed E-state index contributed by atoms with van der Waals surface area (Å²) in [5.41, 5.74) is 3.75. The SMILES string of the molecule is CC(NCc1ccccc1OC(F)(F)F)OC(C)Oc1ccc2nc(/C=C/c3ccc(N(C)C)cc3)oc2c1. The van der Waals surface area contributed by atoms with Crippen LogP contribution in [-0.4, -0.2) is 38.0 Å². The minimum absolute atomic E-state index is 0.111. The van der Waals surface area contributed by atoms with Crippen LogP contribution in [0.5, 0.6) is 11.5 Å². The number of aromatic nitrogens is 1. The van der Waals surface area contributed by atoms with E-state index in [1.165, 1.54) is 12.1 Å². The molecule has 0 radical (unpaired) electrons. The van der Waals surface area contributed by atoms with Crippen LogP contribution < -0.4 is 19.7 Å². The summed E-state index contributed by atoms with van der Waals surface area (Å²) < 4.78 is 59.5. The van der Waals surface area contributed by atoms with Crippen LogP contribution in [0.2, 0.25) is 0 Å². The summed E-state index contributed by atoms with van der Waals surface area (Å²) in [6, 6.07) is 19.4. The van der Waals surface area contributed by atoms with Crippen LogP contribution in [-0.2, 0) is 11.3 Å². The number of para-hydroxylation sites is 1. The molecule has 1 aromatic heterocycles. The van der Waals surface area contributed by atoms with E-state index in [4.69, 9.17) is 13.9 Å². The molecule has 206 valence electrons. The van der Waals surface area contributed by atoms with Crippen molar-refractivity contribution in [1.82, 2.24) is 10.3 Å². The third kappa shape index (κ3) is 8.23. The van der Waals surface area contributed by atoms with Gasteiger partial charge in [0.15, 0.2) is 11.9 Å². The topological polar surface area (TPSA) is 69.0 Å². The van der Waals surface area contributed by atoms with Crippen molar-refractivity contribution in [3.8, 4) is 11.5 Å². The molecule has 1 N–H and O–H groups in total. The van der Waals surface area contributed by atoms with E-state index in [0.29, 0.717) is 28.3 Å². The van der Waals surface area contributed by atoms with Crippen LogP contribution in [0, 0.1) is 0 Å². The standard InChI is InChI=1S/C29H30F3N3O4/c1-19(33-18-22-7-5-6-8-26(22)39-29(30,31)32)36-20(2)37-24-14-15-25-27(17-24)38-28(34-25)16-11-21-9-12-23(13-10-21)35(3)4/h5-17,19-20,33H,18H2,1-4H3/b16-11+. The lowest BCUT2D eigenvalue weighted by Crippen LogP contribution is -2.33. The van der Waals surface area contributed by atoms with Gasteiger partial charge in [0.2, 0.25) is 5.89 Å². The molecule has 1 heterocycles. The highest BCUT2D eigenvalue weighted by Crippen LogP contribution is 2.27. The molecule has 2 atom stereocenters. The van der Waals surface area contributed by atoms with Crippen LogP contribution in [0.3, 0.4) is 0 Å². The van der Waals surface area contributed by atoms with E-state index in [9.17, 15) is 13.2 Å². The number of halogens is 3. The van der Waals surface area contributed by atoms with Crippen molar-refractivity contribution < 1.29 is 31.8 Å². The molecule has 0 aliphatic rings. The number of nitrogens with zero attached hydrogens (tertiary/aromatic N) is 2. The highest BCUT2D eigenvalue weighted by molar-refractivity contribution is 5.77. The van der Waals surface area contributed by atoms with Gasteiger partial charge in [-0.25, -0.2) is 4.98 Å². The van der Waals surface area contributed by atoms with Gasteiger partial charge in [0.1, 0.15) is 23.2 Å². The van der Waals surface area contributed by atoms with Gasteiger partial charge in [-0.1, -0.05) is 30.3 Å². The molecule has 7 nitrogen and oxygen atoms in total. The van der Waals surface area contributed by atoms with Crippen LogP contribution in [0.4, 0.5) is 18.9 Å². The molecule has 2 unspecified atom stereocenters. The monoisotopic (exact) mass is 541 g/mol. The van der Waals surface area contributed by atoms with Crippen molar-refractivity contribution in [2.45, 2.75) is 39.3 Å². The van der Waals surface area contributed by atoms with Crippen molar-refractivity contribution in [3.05, 3.63) is 83.7 Å². The number of nitrogens with one attached hydrogen (secondary N) is 1. The molecule has 3 aromatic carbocycles. The average molecular weight is 542 g/mol. The number of hydrogen-bond donors (Lipinski definition) is 1. The van der Waals surface area contributed by atoms with E-state index in [-0.39, 0.29) is 12.3 Å². The van der Waals surface area contributed by atoms with Gasteiger partial charge in [-0.3, -0.25) is 5.32 Å². The first-order valence-corrected chi connectivity index (χ1v) is 12.3. The van der Waals surface area contributed by atoms with E-state index >= 15 is 0 Å². The molecule has 4 aromatic rings. The fourth-order valence-electron chi connectivity index (χ4n) is 3.80. The Hall–Kier alpha value is -4.02. The third-order valence-corrected chi connectivity index (χ3v) is 5.68. The summed E-state index contributed by atoms with van der Waals surface area (Å²) in [4.78, 5) is 6.52. The van der Waals surface area contributed by atoms with E-state index in [1.807, 2.05) is 55.4 Å². The first kappa shape index (κ1) is 28.0. The molecule has 0 spiro atoms. The minimum atomic E-state index is -4.76. The fraction of sp³-hybridized carbons (Fsp3) is 0.276. The van der Waals surface area contributed by atoms with Gasteiger partial charge in [-0.2, -0.15) is 0 Å². The van der Waals surface area contributed by atoms with Gasteiger partial charge in [-0.15, -0.1) is 13.2 Å². The lowest BCUT2D eigenvalue weighted by atomic mass is 10.2. The Balaban J connectivity index is 1.31. The number of anilines is 1. The number of ether oxygens (including phenoxy) is 3. The summed E-state index contributed by atoms with van der Waals surface area (Å²) >= 11 is 0. The number of fused-ring (bicyclic) bond motifs is 1. The Labute approximate surface area is 224 Å². The Bertz CT molecular complexity index is 1400. The molecule has 0 bridgehead atoms. The number of rotatable bonds is 11. The molecule has 39 heavy (non-hydrogen) atoms. The second-order valence-corrected chi connectivity index (χ2v) is 9.00. The Morgan fingerprint density at radius 2 is 1.74 bits per heavy atom. The molecular weight excluding hydrogens is 511 g/mol. The summed E-state index contributed by atoms with van der Waals surface area (Å²) in [5, 5.41) is 3.02. The van der Waals surface area contributed by atoms with Crippen LogP contribution >= 0.6 is 0 Å². The zero-order valence-corrected chi connectivity index (χ0v) is 22.0. The predicted molar refractivity (Wildman–Crippen MR) is 144 cm³/mol. The molecule has 0 saturated carbocycles. The van der Waals surface area contributed by atoms with E-state index in [2.05, 4.69) is 15.0 Å². The number of oxazole rings is 1. The highest BCUT2D eigenvalue weighted by atomic mass is 19.4. The Kier molecular flexibility index (Phi) is 8.78. The molecule has 4 rings (SSSR count). The summed E-state index contributed by atoms with van der Waals surface area (Å²) in [6.07, 6.45) is -2.20. The quantitative estimate of drug-likeness (QED) is 0.209. The lowest BCUT2D eigenvalue weighted by molar-refractivity contribution is -0.274. The first-order valence-electron chi connectivity index (χ1n) is 12.3. The van der Waals surface area contributed by atoms with Gasteiger partial charge >= 0.3 is 6.36 Å². The lowest BCUT2D eigenvalue weighted by Gasteiger charge is -2.22. The summed E-state index contributed by atoms with van der Waals surface area (Å²) in [5.74, 6) is 0.735. The smallest absolute Gasteiger partial charge is 0.465 e. The van der Waals surface area contributed by atoms with Gasteiger partial charge in [-0.05, 0) is 55.8 Å². The molecule has 0 aliphatic heterocycles. The maximum Gasteiger partial charge on any atom is 0.573 e. The van der Waals surface area contributed by atoms with Crippen LogP contribution in [0.15, 0.2) is 71.1 Å². The van der Waals surface area contributed by atoms with E-state index < -0.39 is 18.9 Å². The molecule has 0 aliphatic carbocycles. The number of alkyl halides is 3. The zero-order chi connectivity index (χ0) is 28.0. The van der Waals surface area contributed by atoms with Crippen LogP contribution in [0.25, 0.3) is 23.3 Å². The first-order chi connectivity index (χ1) is 18.6. The number of hydrogen-bond acceptors (Lipinski definition) is 7. The molecule has 0 fully saturated rings. The summed E-state index contributed by atoms with van der Waals surface area (Å²) in [6.45, 7) is 3.57. The van der Waals surface area contributed by atoms with Crippen molar-refractivity contribution in [2.75, 3.05) is 19.0 Å². The second kappa shape index (κ2) is 12.2. The van der Waals surface area contributed by atoms with Crippen molar-refractivity contribution in [3.63, 3.8) is 0 Å². The van der Waals surface area contributed by atoms with Gasteiger partial charge < -0.3 is 23.5 Å². The van der Waals surface area contributed by atoms with Gasteiger partial charge in [0.25, 0.3) is 0 Å². The van der Waals surface area contributed by atoms with Gasteiger partial charge in [0, 0.05) is 44.0 Å². The predicted octanol–water partition coefficient (Wildman–Crippen LogP) is 6.84. The normalized spacial score (nSPS) is 13.5. The molecule has 0 saturated heterocycles. The average Bonchev–Trinajstić information content (AvgIpc) is 3.28. The van der Waals surface area contributed by atoms with Crippen molar-refractivity contribution in [2.24, 2.45) is 0 Å². The highest BCUT2D eigenvalue weighted by Gasteiger charge is 2.32. The minimum Gasteiger partial charge on any atom is -0.465 e. The maximum absolute atomic E-state index is 12.6. The third-order valence-electron chi connectivity index (χ3n) is 5.68. The Morgan fingerprint density at radius 1 is 1.00 bits per heavy atom. The van der Waals surface area contributed by atoms with Crippen molar-refractivity contribution in [1.29, 1.82) is 0 Å². The van der Waals surface area contributed by atoms with Crippen LogP contribution in [0.1, 0.15) is 30.9 Å². The van der Waals surface area contributed by atoms with Crippen molar-refractivity contribution >= 4 is 28.9 Å². The Morgan fingerprint density at radius 3 is 2.46 bits per heavy atom. The van der Waals surface area contributed by atoms with E-state index in [0.717, 1.165) is 11.3 Å².